The molecule has 1 saturated carbocycles. The molecule has 0 spiro atoms. The highest BCUT2D eigenvalue weighted by Crippen LogP contribution is 2.31. The Hall–Kier alpha value is 0.270. The third kappa shape index (κ3) is 1.95. The summed E-state index contributed by atoms with van der Waals surface area (Å²) in [5.74, 6) is 1.29. The maximum absolute atomic E-state index is 6.17. The van der Waals surface area contributed by atoms with Gasteiger partial charge in [0, 0.05) is 35.7 Å². The first-order valence-corrected chi connectivity index (χ1v) is 6.88. The van der Waals surface area contributed by atoms with Gasteiger partial charge in [0.1, 0.15) is 0 Å². The van der Waals surface area contributed by atoms with Gasteiger partial charge in [-0.1, -0.05) is 13.3 Å². The lowest BCUT2D eigenvalue weighted by Gasteiger charge is -2.42. The van der Waals surface area contributed by atoms with Crippen LogP contribution in [0.1, 0.15) is 33.1 Å². The van der Waals surface area contributed by atoms with Crippen molar-refractivity contribution in [1.29, 1.82) is 0 Å². The lowest BCUT2D eigenvalue weighted by atomic mass is 10.1. The summed E-state index contributed by atoms with van der Waals surface area (Å²) in [5.41, 5.74) is 6.17. The van der Waals surface area contributed by atoms with Gasteiger partial charge in [-0.15, -0.1) is 0 Å². The molecular formula is C11H22N2S. The number of nitrogens with two attached hydrogens (primary N) is 1. The average molecular weight is 214 g/mol. The van der Waals surface area contributed by atoms with Crippen LogP contribution in [0.15, 0.2) is 0 Å². The summed E-state index contributed by atoms with van der Waals surface area (Å²) in [6.45, 7) is 5.96. The quantitative estimate of drug-likeness (QED) is 0.720. The number of hydrogen-bond acceptors (Lipinski definition) is 3. The Kier molecular flexibility index (Phi) is 3.40. The van der Waals surface area contributed by atoms with Crippen molar-refractivity contribution in [1.82, 2.24) is 4.90 Å². The van der Waals surface area contributed by atoms with Crippen LogP contribution in [0.4, 0.5) is 0 Å². The van der Waals surface area contributed by atoms with Crippen LogP contribution < -0.4 is 5.73 Å². The minimum absolute atomic E-state index is 0.438. The van der Waals surface area contributed by atoms with Crippen LogP contribution >= 0.6 is 11.8 Å². The number of hydrogen-bond donors (Lipinski definition) is 1. The van der Waals surface area contributed by atoms with Crippen molar-refractivity contribution in [2.75, 3.05) is 12.3 Å². The van der Waals surface area contributed by atoms with E-state index in [1.165, 1.54) is 31.6 Å². The highest BCUT2D eigenvalue weighted by molar-refractivity contribution is 8.00. The summed E-state index contributed by atoms with van der Waals surface area (Å²) in [7, 11) is 0. The number of rotatable bonds is 1. The van der Waals surface area contributed by atoms with Gasteiger partial charge in [0.15, 0.2) is 0 Å². The molecule has 4 atom stereocenters. The summed E-state index contributed by atoms with van der Waals surface area (Å²) in [5, 5.41) is 0.775. The predicted molar refractivity (Wildman–Crippen MR) is 63.7 cm³/mol. The maximum atomic E-state index is 6.17. The second-order valence-corrected chi connectivity index (χ2v) is 6.20. The monoisotopic (exact) mass is 214 g/mol. The van der Waals surface area contributed by atoms with Gasteiger partial charge in [-0.2, -0.15) is 11.8 Å². The normalized spacial score (nSPS) is 45.6. The van der Waals surface area contributed by atoms with Crippen molar-refractivity contribution >= 4 is 11.8 Å². The van der Waals surface area contributed by atoms with Crippen molar-refractivity contribution in [2.24, 2.45) is 5.73 Å². The molecule has 0 amide bonds. The molecule has 0 aromatic rings. The molecular weight excluding hydrogens is 192 g/mol. The van der Waals surface area contributed by atoms with Gasteiger partial charge in [-0.25, -0.2) is 0 Å². The van der Waals surface area contributed by atoms with Gasteiger partial charge in [0.05, 0.1) is 0 Å². The van der Waals surface area contributed by atoms with Gasteiger partial charge < -0.3 is 5.73 Å². The molecule has 2 fully saturated rings. The van der Waals surface area contributed by atoms with E-state index in [4.69, 9.17) is 5.73 Å². The minimum atomic E-state index is 0.438. The third-order valence-corrected chi connectivity index (χ3v) is 5.23. The molecule has 1 saturated heterocycles. The summed E-state index contributed by atoms with van der Waals surface area (Å²) in [6.07, 6.45) is 3.88. The SMILES string of the molecule is CC1SCCN(C2CCCC2N)C1C. The van der Waals surface area contributed by atoms with E-state index in [9.17, 15) is 0 Å². The molecule has 2 N–H and O–H groups in total. The molecule has 1 heterocycles. The van der Waals surface area contributed by atoms with E-state index < -0.39 is 0 Å². The van der Waals surface area contributed by atoms with Gasteiger partial charge in [-0.3, -0.25) is 4.90 Å². The zero-order chi connectivity index (χ0) is 10.1. The van der Waals surface area contributed by atoms with Crippen LogP contribution in [-0.2, 0) is 0 Å². The topological polar surface area (TPSA) is 29.3 Å². The predicted octanol–water partition coefficient (Wildman–Crippen LogP) is 1.69. The minimum Gasteiger partial charge on any atom is -0.326 e. The van der Waals surface area contributed by atoms with Crippen LogP contribution in [0.3, 0.4) is 0 Å². The Balaban J connectivity index is 2.01. The molecule has 2 nitrogen and oxygen atoms in total. The fraction of sp³-hybridized carbons (Fsp3) is 1.00. The molecule has 1 aliphatic carbocycles. The van der Waals surface area contributed by atoms with Crippen LogP contribution in [-0.4, -0.2) is 40.6 Å². The summed E-state index contributed by atoms with van der Waals surface area (Å²) in [6, 6.07) is 1.82. The van der Waals surface area contributed by atoms with Gasteiger partial charge in [0.2, 0.25) is 0 Å². The fourth-order valence-corrected chi connectivity index (χ4v) is 3.93. The Labute approximate surface area is 91.6 Å². The van der Waals surface area contributed by atoms with E-state index in [1.54, 1.807) is 0 Å². The van der Waals surface area contributed by atoms with Crippen LogP contribution in [0.25, 0.3) is 0 Å². The van der Waals surface area contributed by atoms with Gasteiger partial charge in [-0.05, 0) is 19.8 Å². The van der Waals surface area contributed by atoms with Gasteiger partial charge in [0.25, 0.3) is 0 Å². The summed E-state index contributed by atoms with van der Waals surface area (Å²) >= 11 is 2.11. The lowest BCUT2D eigenvalue weighted by Crippen LogP contribution is -2.54. The van der Waals surface area contributed by atoms with Crippen LogP contribution in [0.5, 0.6) is 0 Å². The van der Waals surface area contributed by atoms with E-state index >= 15 is 0 Å². The highest BCUT2D eigenvalue weighted by Gasteiger charge is 2.35. The highest BCUT2D eigenvalue weighted by atomic mass is 32.2. The largest absolute Gasteiger partial charge is 0.326 e. The smallest absolute Gasteiger partial charge is 0.0250 e. The molecule has 0 bridgehead atoms. The van der Waals surface area contributed by atoms with Crippen molar-refractivity contribution < 1.29 is 0 Å². The van der Waals surface area contributed by atoms with Crippen molar-refractivity contribution in [3.63, 3.8) is 0 Å². The lowest BCUT2D eigenvalue weighted by molar-refractivity contribution is 0.138. The molecule has 82 valence electrons. The standard InChI is InChI=1S/C11H22N2S/c1-8-9(2)14-7-6-13(8)11-5-3-4-10(11)12/h8-11H,3-7,12H2,1-2H3. The first kappa shape index (κ1) is 10.8. The molecule has 2 aliphatic rings. The second-order valence-electron chi connectivity index (χ2n) is 4.72. The first-order chi connectivity index (χ1) is 6.70. The number of nitrogens with zero attached hydrogens (tertiary/aromatic N) is 1. The molecule has 2 rings (SSSR count). The second kappa shape index (κ2) is 4.42. The van der Waals surface area contributed by atoms with E-state index in [0.717, 1.165) is 5.25 Å². The van der Waals surface area contributed by atoms with Crippen LogP contribution in [0.2, 0.25) is 0 Å². The first-order valence-electron chi connectivity index (χ1n) is 5.83. The molecule has 14 heavy (non-hydrogen) atoms. The molecule has 1 aliphatic heterocycles. The van der Waals surface area contributed by atoms with E-state index in [2.05, 4.69) is 30.5 Å². The average Bonchev–Trinajstić information content (AvgIpc) is 2.57. The van der Waals surface area contributed by atoms with Crippen molar-refractivity contribution in [3.05, 3.63) is 0 Å². The molecule has 0 radical (unpaired) electrons. The summed E-state index contributed by atoms with van der Waals surface area (Å²) < 4.78 is 0. The number of thioether (sulfide) groups is 1. The molecule has 0 aromatic heterocycles. The molecule has 0 aromatic carbocycles. The Morgan fingerprint density at radius 2 is 2.07 bits per heavy atom. The van der Waals surface area contributed by atoms with Crippen LogP contribution in [0, 0.1) is 0 Å². The zero-order valence-corrected chi connectivity index (χ0v) is 10.1. The maximum Gasteiger partial charge on any atom is 0.0250 e. The Morgan fingerprint density at radius 1 is 1.29 bits per heavy atom. The fourth-order valence-electron chi connectivity index (χ4n) is 2.81. The van der Waals surface area contributed by atoms with E-state index in [-0.39, 0.29) is 0 Å². The van der Waals surface area contributed by atoms with E-state index in [0.29, 0.717) is 18.1 Å². The Morgan fingerprint density at radius 3 is 2.71 bits per heavy atom. The summed E-state index contributed by atoms with van der Waals surface area (Å²) in [4.78, 5) is 2.67. The molecule has 3 heteroatoms. The molecule has 4 unspecified atom stereocenters. The van der Waals surface area contributed by atoms with Gasteiger partial charge >= 0.3 is 0 Å². The third-order valence-electron chi connectivity index (χ3n) is 3.89. The van der Waals surface area contributed by atoms with Crippen molar-refractivity contribution in [3.8, 4) is 0 Å². The van der Waals surface area contributed by atoms with Crippen molar-refractivity contribution in [2.45, 2.75) is 56.5 Å². The van der Waals surface area contributed by atoms with E-state index in [1.807, 2.05) is 0 Å². The Bertz CT molecular complexity index is 198. The zero-order valence-electron chi connectivity index (χ0n) is 9.28.